The molecule has 0 fully saturated rings. The second-order valence-corrected chi connectivity index (χ2v) is 5.44. The van der Waals surface area contributed by atoms with Crippen LogP contribution in [0.2, 0.25) is 0 Å². The molecule has 0 unspecified atom stereocenters. The molecule has 0 radical (unpaired) electrons. The molecule has 0 saturated heterocycles. The number of hydrogen-bond donors (Lipinski definition) is 1. The molecule has 6 nitrogen and oxygen atoms in total. The Kier molecular flexibility index (Phi) is 5.29. The van der Waals surface area contributed by atoms with Crippen molar-refractivity contribution in [3.05, 3.63) is 72.4 Å². The van der Waals surface area contributed by atoms with Gasteiger partial charge in [0.15, 0.2) is 0 Å². The van der Waals surface area contributed by atoms with Crippen LogP contribution < -0.4 is 10.2 Å². The number of aromatic nitrogens is 4. The summed E-state index contributed by atoms with van der Waals surface area (Å²) < 4.78 is 0. The van der Waals surface area contributed by atoms with Crippen molar-refractivity contribution in [1.82, 2.24) is 19.9 Å². The van der Waals surface area contributed by atoms with Gasteiger partial charge in [-0.05, 0) is 42.3 Å². The Hall–Kier alpha value is -3.02. The first-order valence-corrected chi connectivity index (χ1v) is 7.88. The number of nitrogens with one attached hydrogen (secondary N) is 1. The van der Waals surface area contributed by atoms with E-state index in [0.717, 1.165) is 24.5 Å². The van der Waals surface area contributed by atoms with E-state index in [2.05, 4.69) is 25.3 Å². The molecule has 0 amide bonds. The second-order valence-electron chi connectivity index (χ2n) is 5.44. The van der Waals surface area contributed by atoms with Crippen molar-refractivity contribution in [3.8, 4) is 0 Å². The third-order valence-corrected chi connectivity index (χ3v) is 3.65. The first-order valence-electron chi connectivity index (χ1n) is 7.88. The molecule has 3 aromatic rings. The molecule has 0 atom stereocenters. The van der Waals surface area contributed by atoms with Gasteiger partial charge >= 0.3 is 0 Å². The summed E-state index contributed by atoms with van der Waals surface area (Å²) >= 11 is 0. The van der Waals surface area contributed by atoms with Crippen molar-refractivity contribution in [2.45, 2.75) is 13.0 Å². The SMILES string of the molecule is CN(CCc1ccncc1)c1nccc(NCc2ccccn2)n1. The zero-order valence-electron chi connectivity index (χ0n) is 13.6. The van der Waals surface area contributed by atoms with Crippen molar-refractivity contribution >= 4 is 11.8 Å². The number of nitrogens with zero attached hydrogens (tertiary/aromatic N) is 5. The van der Waals surface area contributed by atoms with Gasteiger partial charge in [-0.1, -0.05) is 6.07 Å². The molecule has 1 N–H and O–H groups in total. The molecule has 0 bridgehead atoms. The fraction of sp³-hybridized carbons (Fsp3) is 0.222. The van der Waals surface area contributed by atoms with Gasteiger partial charge in [0.2, 0.25) is 5.95 Å². The van der Waals surface area contributed by atoms with Crippen LogP contribution >= 0.6 is 0 Å². The molecule has 122 valence electrons. The molecular formula is C18H20N6. The van der Waals surface area contributed by atoms with E-state index in [0.29, 0.717) is 12.5 Å². The Morgan fingerprint density at radius 2 is 1.83 bits per heavy atom. The molecular weight excluding hydrogens is 300 g/mol. The van der Waals surface area contributed by atoms with Crippen molar-refractivity contribution in [1.29, 1.82) is 0 Å². The molecule has 3 aromatic heterocycles. The Balaban J connectivity index is 1.57. The van der Waals surface area contributed by atoms with E-state index in [-0.39, 0.29) is 0 Å². The van der Waals surface area contributed by atoms with E-state index in [1.54, 1.807) is 12.4 Å². The Bertz CT molecular complexity index is 748. The van der Waals surface area contributed by atoms with Gasteiger partial charge < -0.3 is 10.2 Å². The maximum absolute atomic E-state index is 4.56. The minimum Gasteiger partial charge on any atom is -0.364 e. The molecule has 0 aliphatic heterocycles. The van der Waals surface area contributed by atoms with E-state index in [9.17, 15) is 0 Å². The highest BCUT2D eigenvalue weighted by molar-refractivity contribution is 5.41. The van der Waals surface area contributed by atoms with Crippen molar-refractivity contribution in [3.63, 3.8) is 0 Å². The van der Waals surface area contributed by atoms with Crippen LogP contribution in [0.15, 0.2) is 61.2 Å². The molecule has 0 aromatic carbocycles. The van der Waals surface area contributed by atoms with Gasteiger partial charge in [-0.3, -0.25) is 9.97 Å². The maximum Gasteiger partial charge on any atom is 0.226 e. The third kappa shape index (κ3) is 4.49. The highest BCUT2D eigenvalue weighted by atomic mass is 15.2. The minimum absolute atomic E-state index is 0.637. The number of pyridine rings is 2. The second kappa shape index (κ2) is 8.01. The van der Waals surface area contributed by atoms with Gasteiger partial charge in [0.05, 0.1) is 12.2 Å². The van der Waals surface area contributed by atoms with Gasteiger partial charge in [0, 0.05) is 38.4 Å². The molecule has 3 heterocycles. The predicted molar refractivity (Wildman–Crippen MR) is 94.8 cm³/mol. The number of likely N-dealkylation sites (N-methyl/N-ethyl adjacent to an activating group) is 1. The van der Waals surface area contributed by atoms with Gasteiger partial charge in [0.25, 0.3) is 0 Å². The van der Waals surface area contributed by atoms with E-state index < -0.39 is 0 Å². The fourth-order valence-corrected chi connectivity index (χ4v) is 2.26. The van der Waals surface area contributed by atoms with Gasteiger partial charge in [-0.2, -0.15) is 4.98 Å². The summed E-state index contributed by atoms with van der Waals surface area (Å²) in [6.45, 7) is 1.48. The summed E-state index contributed by atoms with van der Waals surface area (Å²) in [6, 6.07) is 11.8. The lowest BCUT2D eigenvalue weighted by Crippen LogP contribution is -2.23. The summed E-state index contributed by atoms with van der Waals surface area (Å²) in [5, 5.41) is 3.28. The van der Waals surface area contributed by atoms with E-state index in [1.165, 1.54) is 5.56 Å². The largest absolute Gasteiger partial charge is 0.364 e. The van der Waals surface area contributed by atoms with Crippen molar-refractivity contribution in [2.24, 2.45) is 0 Å². The zero-order chi connectivity index (χ0) is 16.6. The van der Waals surface area contributed by atoms with Crippen LogP contribution in [0.5, 0.6) is 0 Å². The van der Waals surface area contributed by atoms with Gasteiger partial charge in [0.1, 0.15) is 5.82 Å². The summed E-state index contributed by atoms with van der Waals surface area (Å²) in [6.07, 6.45) is 8.11. The fourth-order valence-electron chi connectivity index (χ4n) is 2.26. The third-order valence-electron chi connectivity index (χ3n) is 3.65. The van der Waals surface area contributed by atoms with E-state index >= 15 is 0 Å². The van der Waals surface area contributed by atoms with Crippen LogP contribution in [-0.2, 0) is 13.0 Å². The van der Waals surface area contributed by atoms with Crippen LogP contribution in [0, 0.1) is 0 Å². The lowest BCUT2D eigenvalue weighted by atomic mass is 10.2. The monoisotopic (exact) mass is 320 g/mol. The molecule has 6 heteroatoms. The highest BCUT2D eigenvalue weighted by Crippen LogP contribution is 2.11. The molecule has 0 spiro atoms. The molecule has 3 rings (SSSR count). The lowest BCUT2D eigenvalue weighted by Gasteiger charge is -2.17. The molecule has 0 aliphatic rings. The highest BCUT2D eigenvalue weighted by Gasteiger charge is 2.06. The minimum atomic E-state index is 0.637. The Morgan fingerprint density at radius 3 is 2.62 bits per heavy atom. The average molecular weight is 320 g/mol. The summed E-state index contributed by atoms with van der Waals surface area (Å²) in [7, 11) is 2.00. The summed E-state index contributed by atoms with van der Waals surface area (Å²) in [4.78, 5) is 19.3. The van der Waals surface area contributed by atoms with Crippen LogP contribution in [0.25, 0.3) is 0 Å². The zero-order valence-corrected chi connectivity index (χ0v) is 13.6. The number of hydrogen-bond acceptors (Lipinski definition) is 6. The van der Waals surface area contributed by atoms with E-state index in [1.807, 2.05) is 60.7 Å². The van der Waals surface area contributed by atoms with Crippen molar-refractivity contribution < 1.29 is 0 Å². The topological polar surface area (TPSA) is 66.8 Å². The first-order chi connectivity index (χ1) is 11.8. The quantitative estimate of drug-likeness (QED) is 0.722. The molecule has 0 saturated carbocycles. The number of rotatable bonds is 7. The Labute approximate surface area is 141 Å². The first kappa shape index (κ1) is 15.9. The van der Waals surface area contributed by atoms with Crippen LogP contribution in [0.3, 0.4) is 0 Å². The summed E-state index contributed by atoms with van der Waals surface area (Å²) in [5.41, 5.74) is 2.23. The van der Waals surface area contributed by atoms with Gasteiger partial charge in [-0.25, -0.2) is 4.98 Å². The average Bonchev–Trinajstić information content (AvgIpc) is 2.66. The van der Waals surface area contributed by atoms with Crippen LogP contribution in [0.1, 0.15) is 11.3 Å². The lowest BCUT2D eigenvalue weighted by molar-refractivity contribution is 0.836. The van der Waals surface area contributed by atoms with Gasteiger partial charge in [-0.15, -0.1) is 0 Å². The van der Waals surface area contributed by atoms with Crippen molar-refractivity contribution in [2.75, 3.05) is 23.8 Å². The summed E-state index contributed by atoms with van der Waals surface area (Å²) in [5.74, 6) is 1.50. The van der Waals surface area contributed by atoms with E-state index in [4.69, 9.17) is 0 Å². The molecule has 0 aliphatic carbocycles. The predicted octanol–water partition coefficient (Wildman–Crippen LogP) is 2.56. The normalized spacial score (nSPS) is 10.4. The standard InChI is InChI=1S/C18H20N6/c1-24(13-8-15-5-10-19-11-6-15)18-21-12-7-17(23-18)22-14-16-4-2-3-9-20-16/h2-7,9-12H,8,13-14H2,1H3,(H,21,22,23). The smallest absolute Gasteiger partial charge is 0.226 e. The maximum atomic E-state index is 4.56. The molecule has 24 heavy (non-hydrogen) atoms. The number of anilines is 2. The van der Waals surface area contributed by atoms with Crippen LogP contribution in [0.4, 0.5) is 11.8 Å². The van der Waals surface area contributed by atoms with Crippen LogP contribution in [-0.4, -0.2) is 33.5 Å². The Morgan fingerprint density at radius 1 is 0.958 bits per heavy atom.